The molecule has 0 aliphatic heterocycles. The number of rotatable bonds is 1. The van der Waals surface area contributed by atoms with Crippen molar-refractivity contribution < 1.29 is 22.9 Å². The number of halogens is 1. The fourth-order valence-electron chi connectivity index (χ4n) is 0.914. The Balaban J connectivity index is 0.000000640. The van der Waals surface area contributed by atoms with Crippen LogP contribution in [0.15, 0.2) is 21.1 Å². The summed E-state index contributed by atoms with van der Waals surface area (Å²) in [6.45, 7) is 2.23. The second kappa shape index (κ2) is 4.45. The first kappa shape index (κ1) is 9.64. The van der Waals surface area contributed by atoms with Gasteiger partial charge in [0.25, 0.3) is 0 Å². The van der Waals surface area contributed by atoms with Crippen molar-refractivity contribution in [2.75, 3.05) is 0 Å². The summed E-state index contributed by atoms with van der Waals surface area (Å²) in [7, 11) is 0. The summed E-state index contributed by atoms with van der Waals surface area (Å²) in [5.74, 6) is 0. The van der Waals surface area contributed by atoms with E-state index in [0.717, 1.165) is 0 Å². The van der Waals surface area contributed by atoms with Crippen LogP contribution in [-0.4, -0.2) is 0 Å². The Kier molecular flexibility index (Phi) is 4.77. The third-order valence-corrected chi connectivity index (χ3v) is 5.79. The van der Waals surface area contributed by atoms with E-state index >= 15 is 0 Å². The molecule has 1 aliphatic rings. The first-order valence-electron chi connectivity index (χ1n) is 2.88. The van der Waals surface area contributed by atoms with Crippen molar-refractivity contribution in [2.45, 2.75) is 18.0 Å². The second-order valence-electron chi connectivity index (χ2n) is 2.02. The Morgan fingerprint density at radius 1 is 1.56 bits per heavy atom. The van der Waals surface area contributed by atoms with Crippen molar-refractivity contribution in [1.29, 1.82) is 0 Å². The molecule has 0 N–H and O–H groups in total. The number of allylic oxidation sites excluding steroid dienone is 4. The molecule has 0 heterocycles. The van der Waals surface area contributed by atoms with Crippen LogP contribution in [0.4, 0.5) is 0 Å². The average Bonchev–Trinajstić information content (AvgIpc) is 2.14. The maximum atomic E-state index is 2.41. The van der Waals surface area contributed by atoms with E-state index in [1.165, 1.54) is 6.42 Å². The van der Waals surface area contributed by atoms with Crippen molar-refractivity contribution in [3.05, 3.63) is 21.1 Å². The molecule has 0 aromatic heterocycles. The first-order chi connectivity index (χ1) is 3.84. The molecule has 2 heteroatoms. The van der Waals surface area contributed by atoms with Crippen LogP contribution < -0.4 is 0 Å². The minimum atomic E-state index is -0.264. The molecular formula is C7H11ClHf. The fourth-order valence-corrected chi connectivity index (χ4v) is 3.79. The monoisotopic (exact) mass is 310 g/mol. The molecule has 0 saturated carbocycles. The van der Waals surface area contributed by atoms with Gasteiger partial charge in [-0.2, -0.15) is 0 Å². The van der Waals surface area contributed by atoms with Gasteiger partial charge in [0.1, 0.15) is 0 Å². The van der Waals surface area contributed by atoms with Crippen molar-refractivity contribution in [2.24, 2.45) is 0 Å². The van der Waals surface area contributed by atoms with Gasteiger partial charge in [0.05, 0.1) is 0 Å². The summed E-state index contributed by atoms with van der Waals surface area (Å²) in [6, 6.07) is 0. The predicted octanol–water partition coefficient (Wildman–Crippen LogP) is 2.77. The molecule has 0 fully saturated rings. The zero-order chi connectivity index (χ0) is 5.98. The van der Waals surface area contributed by atoms with Crippen LogP contribution in [0.3, 0.4) is 0 Å². The van der Waals surface area contributed by atoms with Gasteiger partial charge in [-0.05, 0) is 0 Å². The fraction of sp³-hybridized carbons (Fsp3) is 0.429. The van der Waals surface area contributed by atoms with Crippen molar-refractivity contribution >= 4 is 12.4 Å². The molecule has 0 spiro atoms. The van der Waals surface area contributed by atoms with Crippen LogP contribution in [0.2, 0.25) is 4.68 Å². The summed E-state index contributed by atoms with van der Waals surface area (Å²) in [5, 5.41) is 0. The minimum absolute atomic E-state index is 0. The Morgan fingerprint density at radius 2 is 2.22 bits per heavy atom. The van der Waals surface area contributed by atoms with E-state index < -0.39 is 0 Å². The normalized spacial score (nSPS) is 15.8. The van der Waals surface area contributed by atoms with Gasteiger partial charge < -0.3 is 0 Å². The Labute approximate surface area is 74.2 Å². The van der Waals surface area contributed by atoms with E-state index in [-0.39, 0.29) is 35.3 Å². The predicted molar refractivity (Wildman–Crippen MR) is 39.6 cm³/mol. The van der Waals surface area contributed by atoms with E-state index in [1.54, 1.807) is 8.90 Å². The maximum absolute atomic E-state index is 2.41. The van der Waals surface area contributed by atoms with Gasteiger partial charge in [0.15, 0.2) is 0 Å². The number of hydrogen-bond acceptors (Lipinski definition) is 0. The SMILES string of the molecule is Cl.[CH3][Hf][C]1=C(C)C=CC1. The van der Waals surface area contributed by atoms with Gasteiger partial charge in [0.2, 0.25) is 0 Å². The van der Waals surface area contributed by atoms with Gasteiger partial charge in [-0.15, -0.1) is 12.4 Å². The molecule has 1 rings (SSSR count). The van der Waals surface area contributed by atoms with Crippen molar-refractivity contribution in [3.63, 3.8) is 0 Å². The van der Waals surface area contributed by atoms with Gasteiger partial charge in [-0.3, -0.25) is 0 Å². The molecule has 0 bridgehead atoms. The number of hydrogen-bond donors (Lipinski definition) is 0. The van der Waals surface area contributed by atoms with E-state index in [0.29, 0.717) is 0 Å². The van der Waals surface area contributed by atoms with E-state index in [9.17, 15) is 0 Å². The summed E-state index contributed by atoms with van der Waals surface area (Å²) in [6.07, 6.45) is 5.82. The molecule has 0 atom stereocenters. The second-order valence-corrected chi connectivity index (χ2v) is 5.98. The Morgan fingerprint density at radius 3 is 2.44 bits per heavy atom. The topological polar surface area (TPSA) is 0 Å². The molecule has 0 amide bonds. The third-order valence-electron chi connectivity index (χ3n) is 1.47. The molecule has 0 aromatic carbocycles. The summed E-state index contributed by atoms with van der Waals surface area (Å²) < 4.78 is 4.20. The Bertz CT molecular complexity index is 147. The summed E-state index contributed by atoms with van der Waals surface area (Å²) in [5.41, 5.74) is 1.57. The molecule has 9 heavy (non-hydrogen) atoms. The molecule has 1 aliphatic carbocycles. The summed E-state index contributed by atoms with van der Waals surface area (Å²) in [4.78, 5) is 0. The zero-order valence-electron chi connectivity index (χ0n) is 5.77. The van der Waals surface area contributed by atoms with Gasteiger partial charge in [-0.1, -0.05) is 0 Å². The molecule has 50 valence electrons. The molecule has 0 aromatic rings. The molecule has 0 unspecified atom stereocenters. The van der Waals surface area contributed by atoms with Crippen molar-refractivity contribution in [1.82, 2.24) is 0 Å². The quantitative estimate of drug-likeness (QED) is 0.654. The molecule has 0 nitrogen and oxygen atoms in total. The average molecular weight is 309 g/mol. The van der Waals surface area contributed by atoms with Gasteiger partial charge >= 0.3 is 62.0 Å². The van der Waals surface area contributed by atoms with Crippen LogP contribution in [0.1, 0.15) is 13.3 Å². The van der Waals surface area contributed by atoms with E-state index in [4.69, 9.17) is 0 Å². The molecule has 0 saturated heterocycles. The van der Waals surface area contributed by atoms with Crippen LogP contribution in [0.25, 0.3) is 0 Å². The zero-order valence-corrected chi connectivity index (χ0v) is 10.2. The molecule has 0 radical (unpaired) electrons. The van der Waals surface area contributed by atoms with E-state index in [2.05, 4.69) is 23.8 Å². The standard InChI is InChI=1S/C6H7.CH3.ClH.Hf/c1-6-4-2-3-5-6;;;/h2,4H,3H2,1H3;1H3;1H;. The first-order valence-corrected chi connectivity index (χ1v) is 8.27. The summed E-state index contributed by atoms with van der Waals surface area (Å²) >= 11 is -0.264. The van der Waals surface area contributed by atoms with Gasteiger partial charge in [-0.25, -0.2) is 0 Å². The van der Waals surface area contributed by atoms with Crippen LogP contribution in [-0.2, 0) is 22.9 Å². The van der Waals surface area contributed by atoms with E-state index in [1.807, 2.05) is 0 Å². The van der Waals surface area contributed by atoms with Crippen LogP contribution >= 0.6 is 12.4 Å². The Hall–Kier alpha value is 0.640. The van der Waals surface area contributed by atoms with Crippen LogP contribution in [0.5, 0.6) is 0 Å². The van der Waals surface area contributed by atoms with Crippen LogP contribution in [0, 0.1) is 0 Å². The third kappa shape index (κ3) is 2.38. The van der Waals surface area contributed by atoms with Gasteiger partial charge in [0, 0.05) is 0 Å². The van der Waals surface area contributed by atoms with Crippen molar-refractivity contribution in [3.8, 4) is 0 Å². The molecular weight excluding hydrogens is 298 g/mol.